The van der Waals surface area contributed by atoms with Gasteiger partial charge in [-0.3, -0.25) is 0 Å². The molecule has 4 rings (SSSR count). The average molecular weight is 444 g/mol. The highest BCUT2D eigenvalue weighted by molar-refractivity contribution is 6.31. The van der Waals surface area contributed by atoms with Gasteiger partial charge in [-0.1, -0.05) is 90.8 Å². The molecule has 31 heavy (non-hydrogen) atoms. The molecule has 0 saturated carbocycles. The molecule has 0 bridgehead atoms. The number of hydrogen-bond donors (Lipinski definition) is 0. The van der Waals surface area contributed by atoms with Crippen LogP contribution in [0.15, 0.2) is 109 Å². The molecule has 0 saturated heterocycles. The zero-order valence-electron chi connectivity index (χ0n) is 17.3. The summed E-state index contributed by atoms with van der Waals surface area (Å²) in [6.45, 7) is 2.20. The second-order valence-corrected chi connectivity index (χ2v) is 8.07. The number of hydrogen-bond acceptors (Lipinski definition) is 1. The van der Waals surface area contributed by atoms with Gasteiger partial charge in [0.2, 0.25) is 0 Å². The van der Waals surface area contributed by atoms with E-state index >= 15 is 0 Å². The van der Waals surface area contributed by atoms with E-state index in [4.69, 9.17) is 23.2 Å². The van der Waals surface area contributed by atoms with Crippen molar-refractivity contribution in [2.45, 2.75) is 13.3 Å². The number of benzene rings is 4. The largest absolute Gasteiger partial charge is 0.310 e. The van der Waals surface area contributed by atoms with Crippen molar-refractivity contribution in [3.05, 3.63) is 130 Å². The first-order chi connectivity index (χ1) is 15.2. The fraction of sp³-hybridized carbons (Fsp3) is 0.0714. The molecule has 1 nitrogen and oxygen atoms in total. The normalized spacial score (nSPS) is 11.7. The minimum Gasteiger partial charge on any atom is -0.310 e. The molecule has 0 spiro atoms. The molecular weight excluding hydrogens is 421 g/mol. The molecule has 0 heterocycles. The van der Waals surface area contributed by atoms with Crippen LogP contribution in [-0.2, 0) is 0 Å². The summed E-state index contributed by atoms with van der Waals surface area (Å²) in [6, 6.07) is 37.0. The van der Waals surface area contributed by atoms with Gasteiger partial charge in [-0.15, -0.1) is 0 Å². The number of allylic oxidation sites excluding steroid dienone is 1. The maximum Gasteiger partial charge on any atom is 0.0571 e. The lowest BCUT2D eigenvalue weighted by Crippen LogP contribution is -2.17. The van der Waals surface area contributed by atoms with Gasteiger partial charge in [-0.2, -0.15) is 0 Å². The van der Waals surface area contributed by atoms with E-state index in [1.165, 1.54) is 11.1 Å². The lowest BCUT2D eigenvalue weighted by molar-refractivity contribution is 1.21. The zero-order chi connectivity index (χ0) is 21.6. The summed E-state index contributed by atoms with van der Waals surface area (Å²) >= 11 is 12.4. The van der Waals surface area contributed by atoms with Gasteiger partial charge in [0.1, 0.15) is 0 Å². The Morgan fingerprint density at radius 3 is 1.42 bits per heavy atom. The van der Waals surface area contributed by atoms with Crippen molar-refractivity contribution >= 4 is 45.8 Å². The van der Waals surface area contributed by atoms with Gasteiger partial charge in [0.25, 0.3) is 0 Å². The molecule has 0 radical (unpaired) electrons. The highest BCUT2D eigenvalue weighted by atomic mass is 35.5. The van der Waals surface area contributed by atoms with E-state index in [0.29, 0.717) is 10.0 Å². The van der Waals surface area contributed by atoms with Gasteiger partial charge in [-0.05, 0) is 71.7 Å². The second-order valence-electron chi connectivity index (χ2n) is 7.20. The van der Waals surface area contributed by atoms with Gasteiger partial charge < -0.3 is 4.90 Å². The zero-order valence-corrected chi connectivity index (χ0v) is 18.8. The summed E-state index contributed by atoms with van der Waals surface area (Å²) in [6.07, 6.45) is 0.881. The second kappa shape index (κ2) is 9.87. The van der Waals surface area contributed by atoms with Crippen molar-refractivity contribution in [2.24, 2.45) is 0 Å². The van der Waals surface area contributed by atoms with Crippen LogP contribution in [0.4, 0.5) is 11.4 Å². The number of halogens is 2. The molecule has 0 amide bonds. The first-order valence-corrected chi connectivity index (χ1v) is 11.1. The summed E-state index contributed by atoms with van der Waals surface area (Å²) in [4.78, 5) is 2.29. The van der Waals surface area contributed by atoms with Crippen molar-refractivity contribution in [1.82, 2.24) is 0 Å². The quantitative estimate of drug-likeness (QED) is 0.268. The van der Waals surface area contributed by atoms with Crippen LogP contribution in [0.25, 0.3) is 11.3 Å². The summed E-state index contributed by atoms with van der Waals surface area (Å²) < 4.78 is 0. The Morgan fingerprint density at radius 1 is 0.581 bits per heavy atom. The highest BCUT2D eigenvalue weighted by Crippen LogP contribution is 2.40. The summed E-state index contributed by atoms with van der Waals surface area (Å²) in [7, 11) is 0. The molecule has 4 aromatic carbocycles. The van der Waals surface area contributed by atoms with Crippen LogP contribution in [0, 0.1) is 0 Å². The number of nitrogens with zero attached hydrogens (tertiary/aromatic N) is 1. The topological polar surface area (TPSA) is 3.24 Å². The summed E-state index contributed by atoms with van der Waals surface area (Å²) in [5.41, 5.74) is 6.82. The van der Waals surface area contributed by atoms with Crippen molar-refractivity contribution < 1.29 is 0 Å². The fourth-order valence-corrected chi connectivity index (χ4v) is 4.02. The van der Waals surface area contributed by atoms with E-state index < -0.39 is 0 Å². The number of anilines is 2. The third-order valence-corrected chi connectivity index (χ3v) is 5.71. The molecule has 0 atom stereocenters. The Bertz CT molecular complexity index is 1100. The third-order valence-electron chi connectivity index (χ3n) is 5.20. The van der Waals surface area contributed by atoms with Crippen LogP contribution in [0.5, 0.6) is 0 Å². The minimum absolute atomic E-state index is 0.712. The van der Waals surface area contributed by atoms with Crippen LogP contribution in [0.3, 0.4) is 0 Å². The Hall–Kier alpha value is -3.00. The molecule has 0 aliphatic heterocycles. The van der Waals surface area contributed by atoms with Gasteiger partial charge in [0, 0.05) is 21.4 Å². The molecule has 0 aliphatic carbocycles. The Kier molecular flexibility index (Phi) is 6.76. The third kappa shape index (κ3) is 4.85. The first kappa shape index (κ1) is 21.2. The van der Waals surface area contributed by atoms with E-state index in [9.17, 15) is 0 Å². The molecular formula is C28H23Cl2N. The molecule has 0 aromatic heterocycles. The van der Waals surface area contributed by atoms with Crippen LogP contribution >= 0.6 is 23.2 Å². The van der Waals surface area contributed by atoms with E-state index in [1.54, 1.807) is 0 Å². The van der Waals surface area contributed by atoms with Gasteiger partial charge in [0.05, 0.1) is 5.70 Å². The molecule has 0 aliphatic rings. The maximum absolute atomic E-state index is 6.22. The van der Waals surface area contributed by atoms with Crippen LogP contribution in [0.2, 0.25) is 10.0 Å². The minimum atomic E-state index is 0.712. The molecule has 0 fully saturated rings. The SMILES string of the molecule is CC/C(=C(/c1ccccc1)N(c1ccc(Cl)cc1)c1ccc(Cl)cc1)c1ccccc1. The predicted octanol–water partition coefficient (Wildman–Crippen LogP) is 9.11. The lowest BCUT2D eigenvalue weighted by atomic mass is 9.95. The standard InChI is InChI=1S/C28H23Cl2N/c1-2-27(21-9-5-3-6-10-21)28(22-11-7-4-8-12-22)31(25-17-13-23(29)14-18-25)26-19-15-24(30)16-20-26/h3-20H,2H2,1H3/b28-27+. The Balaban J connectivity index is 2.04. The summed E-state index contributed by atoms with van der Waals surface area (Å²) in [5.74, 6) is 0. The van der Waals surface area contributed by atoms with E-state index in [1.807, 2.05) is 30.3 Å². The Labute approximate surface area is 194 Å². The predicted molar refractivity (Wildman–Crippen MR) is 135 cm³/mol. The first-order valence-electron chi connectivity index (χ1n) is 10.3. The van der Waals surface area contributed by atoms with Crippen LogP contribution < -0.4 is 4.90 Å². The lowest BCUT2D eigenvalue weighted by Gasteiger charge is -2.31. The fourth-order valence-electron chi connectivity index (χ4n) is 3.77. The average Bonchev–Trinajstić information content (AvgIpc) is 2.82. The highest BCUT2D eigenvalue weighted by Gasteiger charge is 2.21. The van der Waals surface area contributed by atoms with Gasteiger partial charge in [-0.25, -0.2) is 0 Å². The van der Waals surface area contributed by atoms with E-state index in [-0.39, 0.29) is 0 Å². The van der Waals surface area contributed by atoms with Crippen molar-refractivity contribution in [1.29, 1.82) is 0 Å². The van der Waals surface area contributed by atoms with Crippen molar-refractivity contribution in [3.63, 3.8) is 0 Å². The van der Waals surface area contributed by atoms with E-state index in [0.717, 1.165) is 29.1 Å². The molecule has 154 valence electrons. The van der Waals surface area contributed by atoms with Crippen LogP contribution in [0.1, 0.15) is 24.5 Å². The molecule has 0 unspecified atom stereocenters. The Morgan fingerprint density at radius 2 is 1.00 bits per heavy atom. The monoisotopic (exact) mass is 443 g/mol. The van der Waals surface area contributed by atoms with Crippen molar-refractivity contribution in [3.8, 4) is 0 Å². The van der Waals surface area contributed by atoms with Crippen molar-refractivity contribution in [2.75, 3.05) is 4.90 Å². The summed E-state index contributed by atoms with van der Waals surface area (Å²) in [5, 5.41) is 1.42. The van der Waals surface area contributed by atoms with Gasteiger partial charge >= 0.3 is 0 Å². The van der Waals surface area contributed by atoms with Gasteiger partial charge in [0.15, 0.2) is 0 Å². The maximum atomic E-state index is 6.22. The van der Waals surface area contributed by atoms with Crippen LogP contribution in [-0.4, -0.2) is 0 Å². The molecule has 3 heteroatoms. The molecule has 0 N–H and O–H groups in total. The number of rotatable bonds is 6. The smallest absolute Gasteiger partial charge is 0.0571 e. The van der Waals surface area contributed by atoms with E-state index in [2.05, 4.69) is 90.7 Å². The molecule has 4 aromatic rings.